The van der Waals surface area contributed by atoms with Gasteiger partial charge in [-0.25, -0.2) is 4.98 Å². The Labute approximate surface area is 99.6 Å². The molecule has 0 aromatic carbocycles. The molecule has 1 saturated heterocycles. The summed E-state index contributed by atoms with van der Waals surface area (Å²) >= 11 is 0. The van der Waals surface area contributed by atoms with Gasteiger partial charge in [-0.2, -0.15) is 0 Å². The molecule has 94 valence electrons. The van der Waals surface area contributed by atoms with Gasteiger partial charge in [-0.1, -0.05) is 0 Å². The maximum Gasteiger partial charge on any atom is 0.271 e. The van der Waals surface area contributed by atoms with Crippen molar-refractivity contribution in [1.82, 2.24) is 14.9 Å². The van der Waals surface area contributed by atoms with Crippen LogP contribution >= 0.6 is 0 Å². The molecule has 0 unspecified atom stereocenters. The summed E-state index contributed by atoms with van der Waals surface area (Å²) in [4.78, 5) is 20.4. The number of likely N-dealkylation sites (tertiary alicyclic amines) is 1. The lowest BCUT2D eigenvalue weighted by Gasteiger charge is -2.31. The van der Waals surface area contributed by atoms with E-state index in [1.807, 2.05) is 0 Å². The molecule has 1 aliphatic rings. The van der Waals surface area contributed by atoms with Crippen LogP contribution in [0.5, 0.6) is 0 Å². The molecule has 2 rings (SSSR count). The minimum absolute atomic E-state index is 0.0110. The lowest BCUT2D eigenvalue weighted by Crippen LogP contribution is -2.41. The molecule has 0 atom stereocenters. The first-order valence-electron chi connectivity index (χ1n) is 5.81. The molecule has 0 spiro atoms. The number of rotatable bonds is 4. The number of aliphatic hydroxyl groups is 1. The minimum atomic E-state index is -0.0110. The van der Waals surface area contributed by atoms with Crippen LogP contribution in [-0.2, 0) is 4.74 Å². The second kappa shape index (κ2) is 5.79. The van der Waals surface area contributed by atoms with Crippen LogP contribution in [0.15, 0.2) is 12.5 Å². The number of amides is 1. The molecule has 0 aliphatic carbocycles. The smallest absolute Gasteiger partial charge is 0.271 e. The number of aromatic nitrogens is 2. The molecule has 1 amide bonds. The monoisotopic (exact) mass is 239 g/mol. The fraction of sp³-hybridized carbons (Fsp3) is 0.636. The second-order valence-corrected chi connectivity index (χ2v) is 4.05. The van der Waals surface area contributed by atoms with Crippen LogP contribution < -0.4 is 0 Å². The first kappa shape index (κ1) is 12.1. The highest BCUT2D eigenvalue weighted by atomic mass is 16.5. The molecule has 0 bridgehead atoms. The predicted molar refractivity (Wildman–Crippen MR) is 60.6 cm³/mol. The minimum Gasteiger partial charge on any atom is -0.394 e. The van der Waals surface area contributed by atoms with Crippen LogP contribution in [0.1, 0.15) is 23.3 Å². The van der Waals surface area contributed by atoms with Crippen LogP contribution in [0, 0.1) is 0 Å². The average molecular weight is 239 g/mol. The molecule has 1 fully saturated rings. The number of hydrogen-bond donors (Lipinski definition) is 2. The number of carbonyl (C=O) groups is 1. The molecule has 2 N–H and O–H groups in total. The van der Waals surface area contributed by atoms with Crippen molar-refractivity contribution in [2.45, 2.75) is 18.9 Å². The van der Waals surface area contributed by atoms with E-state index in [1.165, 1.54) is 12.5 Å². The largest absolute Gasteiger partial charge is 0.394 e. The Kier molecular flexibility index (Phi) is 4.11. The maximum absolute atomic E-state index is 12.0. The second-order valence-electron chi connectivity index (χ2n) is 4.05. The Balaban J connectivity index is 1.81. The van der Waals surface area contributed by atoms with Gasteiger partial charge in [0.2, 0.25) is 0 Å². The third-order valence-electron chi connectivity index (χ3n) is 2.90. The van der Waals surface area contributed by atoms with Gasteiger partial charge >= 0.3 is 0 Å². The first-order chi connectivity index (χ1) is 8.31. The van der Waals surface area contributed by atoms with Gasteiger partial charge in [-0.05, 0) is 12.8 Å². The van der Waals surface area contributed by atoms with Crippen LogP contribution in [0.3, 0.4) is 0 Å². The fourth-order valence-corrected chi connectivity index (χ4v) is 1.99. The Morgan fingerprint density at radius 2 is 2.35 bits per heavy atom. The summed E-state index contributed by atoms with van der Waals surface area (Å²) in [5.74, 6) is -0.0110. The summed E-state index contributed by atoms with van der Waals surface area (Å²) in [6, 6.07) is 0. The van der Waals surface area contributed by atoms with E-state index in [9.17, 15) is 4.79 Å². The number of H-pyrrole nitrogens is 1. The highest BCUT2D eigenvalue weighted by Gasteiger charge is 2.24. The Hall–Kier alpha value is -1.40. The lowest BCUT2D eigenvalue weighted by molar-refractivity contribution is -0.00563. The van der Waals surface area contributed by atoms with Crippen molar-refractivity contribution in [2.24, 2.45) is 0 Å². The summed E-state index contributed by atoms with van der Waals surface area (Å²) < 4.78 is 5.44. The maximum atomic E-state index is 12.0. The van der Waals surface area contributed by atoms with Crippen molar-refractivity contribution in [3.63, 3.8) is 0 Å². The van der Waals surface area contributed by atoms with E-state index < -0.39 is 0 Å². The zero-order valence-corrected chi connectivity index (χ0v) is 9.63. The summed E-state index contributed by atoms with van der Waals surface area (Å²) in [6.07, 6.45) is 4.84. The Bertz CT molecular complexity index is 345. The van der Waals surface area contributed by atoms with Gasteiger partial charge in [0.1, 0.15) is 5.69 Å². The molecule has 6 heteroatoms. The zero-order valence-electron chi connectivity index (χ0n) is 9.63. The van der Waals surface area contributed by atoms with E-state index in [4.69, 9.17) is 9.84 Å². The number of hydrogen-bond acceptors (Lipinski definition) is 4. The molecule has 6 nitrogen and oxygen atoms in total. The van der Waals surface area contributed by atoms with Crippen molar-refractivity contribution in [1.29, 1.82) is 0 Å². The standard InChI is InChI=1S/C11H17N3O3/c15-5-6-17-9-1-3-14(4-2-9)11(16)10-7-12-8-13-10/h7-9,15H,1-6H2,(H,12,13). The summed E-state index contributed by atoms with van der Waals surface area (Å²) in [7, 11) is 0. The lowest BCUT2D eigenvalue weighted by atomic mass is 10.1. The molecular weight excluding hydrogens is 222 g/mol. The van der Waals surface area contributed by atoms with E-state index in [-0.39, 0.29) is 18.6 Å². The number of nitrogens with zero attached hydrogens (tertiary/aromatic N) is 2. The van der Waals surface area contributed by atoms with Crippen LogP contribution in [0.25, 0.3) is 0 Å². The number of aromatic amines is 1. The number of nitrogens with one attached hydrogen (secondary N) is 1. The third kappa shape index (κ3) is 3.04. The van der Waals surface area contributed by atoms with E-state index >= 15 is 0 Å². The van der Waals surface area contributed by atoms with Crippen LogP contribution in [0.2, 0.25) is 0 Å². The first-order valence-corrected chi connectivity index (χ1v) is 5.81. The van der Waals surface area contributed by atoms with Gasteiger partial charge in [0, 0.05) is 13.1 Å². The number of imidazole rings is 1. The van der Waals surface area contributed by atoms with Gasteiger partial charge in [0.05, 0.1) is 31.8 Å². The van der Waals surface area contributed by atoms with Gasteiger partial charge in [0.15, 0.2) is 0 Å². The SMILES string of the molecule is O=C(c1cnc[nH]1)N1CCC(OCCO)CC1. The van der Waals surface area contributed by atoms with Gasteiger partial charge in [0.25, 0.3) is 5.91 Å². The number of ether oxygens (including phenoxy) is 1. The number of piperidine rings is 1. The molecular formula is C11H17N3O3. The Morgan fingerprint density at radius 3 is 2.94 bits per heavy atom. The zero-order chi connectivity index (χ0) is 12.1. The molecule has 2 heterocycles. The van der Waals surface area contributed by atoms with Crippen molar-refractivity contribution < 1.29 is 14.6 Å². The van der Waals surface area contributed by atoms with Gasteiger partial charge in [-0.15, -0.1) is 0 Å². The van der Waals surface area contributed by atoms with Crippen molar-refractivity contribution >= 4 is 5.91 Å². The third-order valence-corrected chi connectivity index (χ3v) is 2.90. The number of aliphatic hydroxyl groups excluding tert-OH is 1. The quantitative estimate of drug-likeness (QED) is 0.776. The van der Waals surface area contributed by atoms with Gasteiger partial charge < -0.3 is 19.7 Å². The average Bonchev–Trinajstić information content (AvgIpc) is 2.90. The van der Waals surface area contributed by atoms with Crippen molar-refractivity contribution in [3.8, 4) is 0 Å². The van der Waals surface area contributed by atoms with Crippen LogP contribution in [0.4, 0.5) is 0 Å². The molecule has 0 radical (unpaired) electrons. The highest BCUT2D eigenvalue weighted by molar-refractivity contribution is 5.92. The Morgan fingerprint density at radius 1 is 1.59 bits per heavy atom. The topological polar surface area (TPSA) is 78.5 Å². The van der Waals surface area contributed by atoms with Crippen molar-refractivity contribution in [2.75, 3.05) is 26.3 Å². The van der Waals surface area contributed by atoms with Crippen LogP contribution in [-0.4, -0.2) is 58.3 Å². The van der Waals surface area contributed by atoms with E-state index in [0.29, 0.717) is 25.4 Å². The molecule has 17 heavy (non-hydrogen) atoms. The highest BCUT2D eigenvalue weighted by Crippen LogP contribution is 2.15. The predicted octanol–water partition coefficient (Wildman–Crippen LogP) is 0.0232. The number of carbonyl (C=O) groups excluding carboxylic acids is 1. The van der Waals surface area contributed by atoms with Crippen molar-refractivity contribution in [3.05, 3.63) is 18.2 Å². The van der Waals surface area contributed by atoms with E-state index in [0.717, 1.165) is 12.8 Å². The van der Waals surface area contributed by atoms with E-state index in [2.05, 4.69) is 9.97 Å². The fourth-order valence-electron chi connectivity index (χ4n) is 1.99. The van der Waals surface area contributed by atoms with E-state index in [1.54, 1.807) is 4.90 Å². The normalized spacial score (nSPS) is 17.4. The molecule has 0 saturated carbocycles. The van der Waals surface area contributed by atoms with Gasteiger partial charge in [-0.3, -0.25) is 4.79 Å². The summed E-state index contributed by atoms with van der Waals surface area (Å²) in [5.41, 5.74) is 0.528. The summed E-state index contributed by atoms with van der Waals surface area (Å²) in [5, 5.41) is 8.66. The molecule has 1 aliphatic heterocycles. The molecule has 1 aromatic rings. The summed E-state index contributed by atoms with van der Waals surface area (Å²) in [6.45, 7) is 1.80. The molecule has 1 aromatic heterocycles.